The molecule has 1 fully saturated rings. The Morgan fingerprint density at radius 3 is 2.78 bits per heavy atom. The van der Waals surface area contributed by atoms with E-state index in [0.29, 0.717) is 19.2 Å². The van der Waals surface area contributed by atoms with Crippen LogP contribution in [0.2, 0.25) is 0 Å². The molecule has 0 aliphatic heterocycles. The lowest BCUT2D eigenvalue weighted by molar-refractivity contribution is 0.207. The fourth-order valence-corrected chi connectivity index (χ4v) is 3.86. The largest absolute Gasteiger partial charge is 0.497 e. The summed E-state index contributed by atoms with van der Waals surface area (Å²) in [7, 11) is 3.45. The van der Waals surface area contributed by atoms with Crippen molar-refractivity contribution >= 4 is 35.6 Å². The molecule has 0 radical (unpaired) electrons. The maximum atomic E-state index is 6.29. The summed E-state index contributed by atoms with van der Waals surface area (Å²) in [5, 5.41) is 15.2. The van der Waals surface area contributed by atoms with Crippen LogP contribution in [0.15, 0.2) is 47.6 Å². The first kappa shape index (κ1) is 24.1. The zero-order valence-corrected chi connectivity index (χ0v) is 20.9. The number of guanidine groups is 1. The summed E-state index contributed by atoms with van der Waals surface area (Å²) in [5.41, 5.74) is 1.94. The van der Waals surface area contributed by atoms with Crippen molar-refractivity contribution in [2.45, 2.75) is 44.8 Å². The van der Waals surface area contributed by atoms with Gasteiger partial charge in [-0.15, -0.1) is 34.2 Å². The van der Waals surface area contributed by atoms with Crippen molar-refractivity contribution in [1.29, 1.82) is 0 Å². The Morgan fingerprint density at radius 1 is 1.16 bits per heavy atom. The van der Waals surface area contributed by atoms with E-state index in [2.05, 4.69) is 25.8 Å². The normalized spacial score (nSPS) is 14.2. The van der Waals surface area contributed by atoms with E-state index < -0.39 is 0 Å². The Balaban J connectivity index is 0.00000289. The monoisotopic (exact) mass is 550 g/mol. The lowest BCUT2D eigenvalue weighted by Gasteiger charge is -2.18. The first-order valence-electron chi connectivity index (χ1n) is 10.8. The number of nitrogens with one attached hydrogen (secondary N) is 2. The van der Waals surface area contributed by atoms with Gasteiger partial charge < -0.3 is 20.1 Å². The molecule has 3 aromatic rings. The van der Waals surface area contributed by atoms with Crippen molar-refractivity contribution in [2.24, 2.45) is 4.99 Å². The highest BCUT2D eigenvalue weighted by atomic mass is 127. The minimum atomic E-state index is 0. The third kappa shape index (κ3) is 6.02. The molecule has 9 heteroatoms. The van der Waals surface area contributed by atoms with E-state index in [4.69, 9.17) is 9.47 Å². The Morgan fingerprint density at radius 2 is 2.00 bits per heavy atom. The Hall–Kier alpha value is -2.56. The average Bonchev–Trinajstić information content (AvgIpc) is 3.47. The minimum Gasteiger partial charge on any atom is -0.497 e. The van der Waals surface area contributed by atoms with Crippen LogP contribution >= 0.6 is 24.0 Å². The lowest BCUT2D eigenvalue weighted by Crippen LogP contribution is -2.38. The van der Waals surface area contributed by atoms with Gasteiger partial charge in [0.05, 0.1) is 13.2 Å². The molecular formula is C23H31IN6O2. The molecule has 1 aromatic carbocycles. The zero-order valence-electron chi connectivity index (χ0n) is 18.6. The number of hydrogen-bond donors (Lipinski definition) is 2. The molecular weight excluding hydrogens is 519 g/mol. The molecule has 2 aromatic heterocycles. The number of rotatable bonds is 8. The van der Waals surface area contributed by atoms with E-state index in [1.54, 1.807) is 14.2 Å². The zero-order chi connectivity index (χ0) is 21.5. The quantitative estimate of drug-likeness (QED) is 0.254. The van der Waals surface area contributed by atoms with E-state index in [9.17, 15) is 0 Å². The van der Waals surface area contributed by atoms with Crippen LogP contribution in [-0.4, -0.2) is 47.4 Å². The Kier molecular flexibility index (Phi) is 8.95. The van der Waals surface area contributed by atoms with Crippen molar-refractivity contribution in [1.82, 2.24) is 25.2 Å². The van der Waals surface area contributed by atoms with Gasteiger partial charge in [-0.3, -0.25) is 9.39 Å². The standard InChI is InChI=1S/C23H30N6O2.HI/c1-24-23(25-13-12-22-28-27-21-9-5-6-14-29(21)22)26-16-17-10-11-19(30-2)15-20(17)31-18-7-3-4-8-18;/h5-6,9-11,14-15,18H,3-4,7-8,12-13,16H2,1-2H3,(H2,24,25,26);1H. The van der Waals surface area contributed by atoms with Crippen LogP contribution in [-0.2, 0) is 13.0 Å². The van der Waals surface area contributed by atoms with Crippen molar-refractivity contribution in [2.75, 3.05) is 20.7 Å². The first-order valence-corrected chi connectivity index (χ1v) is 10.8. The average molecular weight is 550 g/mol. The molecule has 2 heterocycles. The van der Waals surface area contributed by atoms with Crippen LogP contribution in [0.25, 0.3) is 5.65 Å². The maximum Gasteiger partial charge on any atom is 0.191 e. The van der Waals surface area contributed by atoms with E-state index >= 15 is 0 Å². The van der Waals surface area contributed by atoms with Crippen LogP contribution in [0.3, 0.4) is 0 Å². The summed E-state index contributed by atoms with van der Waals surface area (Å²) in [6.45, 7) is 1.31. The predicted molar refractivity (Wildman–Crippen MR) is 136 cm³/mol. The molecule has 0 spiro atoms. The van der Waals surface area contributed by atoms with Gasteiger partial charge in [-0.1, -0.05) is 6.07 Å². The highest BCUT2D eigenvalue weighted by molar-refractivity contribution is 14.0. The first-order chi connectivity index (χ1) is 15.3. The summed E-state index contributed by atoms with van der Waals surface area (Å²) >= 11 is 0. The molecule has 172 valence electrons. The van der Waals surface area contributed by atoms with Crippen LogP contribution in [0.1, 0.15) is 37.1 Å². The summed E-state index contributed by atoms with van der Waals surface area (Å²) in [6, 6.07) is 11.9. The van der Waals surface area contributed by atoms with Gasteiger partial charge in [0, 0.05) is 44.4 Å². The Labute approximate surface area is 205 Å². The second-order valence-electron chi connectivity index (χ2n) is 7.65. The Bertz CT molecular complexity index is 1030. The number of pyridine rings is 1. The summed E-state index contributed by atoms with van der Waals surface area (Å²) in [5.74, 6) is 3.33. The molecule has 1 saturated carbocycles. The number of ether oxygens (including phenoxy) is 2. The van der Waals surface area contributed by atoms with Crippen molar-refractivity contribution in [3.8, 4) is 11.5 Å². The second-order valence-corrected chi connectivity index (χ2v) is 7.65. The lowest BCUT2D eigenvalue weighted by atomic mass is 10.2. The molecule has 0 bridgehead atoms. The summed E-state index contributed by atoms with van der Waals surface area (Å²) < 4.78 is 13.7. The van der Waals surface area contributed by atoms with Crippen molar-refractivity contribution < 1.29 is 9.47 Å². The number of hydrogen-bond acceptors (Lipinski definition) is 5. The minimum absolute atomic E-state index is 0. The van der Waals surface area contributed by atoms with Crippen LogP contribution < -0.4 is 20.1 Å². The highest BCUT2D eigenvalue weighted by Crippen LogP contribution is 2.30. The molecule has 0 unspecified atom stereocenters. The predicted octanol–water partition coefficient (Wildman–Crippen LogP) is 3.59. The van der Waals surface area contributed by atoms with Crippen molar-refractivity contribution in [3.63, 3.8) is 0 Å². The molecule has 0 amide bonds. The summed E-state index contributed by atoms with van der Waals surface area (Å²) in [6.07, 6.45) is 7.72. The van der Waals surface area contributed by atoms with E-state index in [1.807, 2.05) is 47.0 Å². The maximum absolute atomic E-state index is 6.29. The number of fused-ring (bicyclic) bond motifs is 1. The molecule has 2 N–H and O–H groups in total. The van der Waals surface area contributed by atoms with Gasteiger partial charge >= 0.3 is 0 Å². The van der Waals surface area contributed by atoms with E-state index in [1.165, 1.54) is 12.8 Å². The third-order valence-corrected chi connectivity index (χ3v) is 5.57. The summed E-state index contributed by atoms with van der Waals surface area (Å²) in [4.78, 5) is 4.34. The third-order valence-electron chi connectivity index (χ3n) is 5.57. The van der Waals surface area contributed by atoms with Gasteiger partial charge in [-0.05, 0) is 49.9 Å². The number of benzene rings is 1. The fourth-order valence-electron chi connectivity index (χ4n) is 3.86. The molecule has 4 rings (SSSR count). The van der Waals surface area contributed by atoms with Crippen molar-refractivity contribution in [3.05, 3.63) is 54.0 Å². The van der Waals surface area contributed by atoms with Crippen LogP contribution in [0.5, 0.6) is 11.5 Å². The van der Waals surface area contributed by atoms with Crippen LogP contribution in [0.4, 0.5) is 0 Å². The SMILES string of the molecule is CN=C(NCCc1nnc2ccccn12)NCc1ccc(OC)cc1OC1CCCC1.I. The molecule has 0 saturated heterocycles. The molecule has 32 heavy (non-hydrogen) atoms. The van der Waals surface area contributed by atoms with E-state index in [0.717, 1.165) is 53.8 Å². The number of aromatic nitrogens is 3. The van der Waals surface area contributed by atoms with E-state index in [-0.39, 0.29) is 24.0 Å². The van der Waals surface area contributed by atoms with Crippen LogP contribution in [0, 0.1) is 0 Å². The molecule has 8 nitrogen and oxygen atoms in total. The topological polar surface area (TPSA) is 85.1 Å². The van der Waals surface area contributed by atoms with Gasteiger partial charge in [0.15, 0.2) is 11.6 Å². The highest BCUT2D eigenvalue weighted by Gasteiger charge is 2.18. The molecule has 0 atom stereocenters. The number of methoxy groups -OCH3 is 1. The fraction of sp³-hybridized carbons (Fsp3) is 0.435. The number of nitrogens with zero attached hydrogens (tertiary/aromatic N) is 4. The van der Waals surface area contributed by atoms with Gasteiger partial charge in [0.25, 0.3) is 0 Å². The van der Waals surface area contributed by atoms with Gasteiger partial charge in [-0.25, -0.2) is 0 Å². The number of aliphatic imine (C=N–C) groups is 1. The van der Waals surface area contributed by atoms with Gasteiger partial charge in [0.2, 0.25) is 0 Å². The molecule has 1 aliphatic carbocycles. The van der Waals surface area contributed by atoms with Gasteiger partial charge in [0.1, 0.15) is 17.3 Å². The molecule has 1 aliphatic rings. The van der Waals surface area contributed by atoms with Gasteiger partial charge in [-0.2, -0.15) is 0 Å². The smallest absolute Gasteiger partial charge is 0.191 e. The second kappa shape index (κ2) is 11.9. The number of halogens is 1.